The number of aromatic nitrogens is 2. The summed E-state index contributed by atoms with van der Waals surface area (Å²) in [5, 5.41) is 15.4. The molecule has 0 fully saturated rings. The molecule has 5 nitrogen and oxygen atoms in total. The zero-order valence-corrected chi connectivity index (χ0v) is 8.29. The molecular weight excluding hydrogens is 204 g/mol. The molecule has 0 saturated heterocycles. The molecule has 0 bridgehead atoms. The van der Waals surface area contributed by atoms with Crippen molar-refractivity contribution in [2.45, 2.75) is 0 Å². The number of anilines is 1. The van der Waals surface area contributed by atoms with E-state index < -0.39 is 0 Å². The van der Waals surface area contributed by atoms with E-state index in [0.717, 1.165) is 5.69 Å². The van der Waals surface area contributed by atoms with Crippen LogP contribution in [-0.4, -0.2) is 16.2 Å². The summed E-state index contributed by atoms with van der Waals surface area (Å²) < 4.78 is 1.51. The molecule has 2 aromatic rings. The van der Waals surface area contributed by atoms with Gasteiger partial charge in [0, 0.05) is 0 Å². The molecule has 0 atom stereocenters. The number of para-hydroxylation sites is 1. The number of amides is 1. The van der Waals surface area contributed by atoms with Crippen molar-refractivity contribution in [2.75, 3.05) is 5.32 Å². The molecule has 0 aliphatic heterocycles. The van der Waals surface area contributed by atoms with Crippen LogP contribution in [0.25, 0.3) is 5.69 Å². The summed E-state index contributed by atoms with van der Waals surface area (Å²) >= 11 is 0. The van der Waals surface area contributed by atoms with E-state index in [-0.39, 0.29) is 0 Å². The Labute approximate surface area is 91.9 Å². The Morgan fingerprint density at radius 1 is 1.38 bits per heavy atom. The van der Waals surface area contributed by atoms with Gasteiger partial charge in [0.05, 0.1) is 11.9 Å². The van der Waals surface area contributed by atoms with Crippen molar-refractivity contribution in [2.24, 2.45) is 0 Å². The van der Waals surface area contributed by atoms with E-state index >= 15 is 0 Å². The lowest BCUT2D eigenvalue weighted by Gasteiger charge is -2.05. The van der Waals surface area contributed by atoms with Gasteiger partial charge in [-0.1, -0.05) is 18.2 Å². The van der Waals surface area contributed by atoms with E-state index in [1.165, 1.54) is 10.9 Å². The predicted molar refractivity (Wildman–Crippen MR) is 58.0 cm³/mol. The maximum absolute atomic E-state index is 10.5. The third-order valence-electron chi connectivity index (χ3n) is 2.09. The number of nitrogens with one attached hydrogen (secondary N) is 1. The first-order chi connectivity index (χ1) is 7.86. The topological polar surface area (TPSA) is 70.7 Å². The number of rotatable bonds is 3. The Balaban J connectivity index is 2.54. The zero-order valence-electron chi connectivity index (χ0n) is 8.29. The van der Waals surface area contributed by atoms with Gasteiger partial charge in [0.2, 0.25) is 6.41 Å². The van der Waals surface area contributed by atoms with Crippen molar-refractivity contribution in [1.82, 2.24) is 9.78 Å². The minimum absolute atomic E-state index is 0.330. The van der Waals surface area contributed by atoms with Crippen LogP contribution >= 0.6 is 0 Å². The van der Waals surface area contributed by atoms with E-state index in [9.17, 15) is 4.79 Å². The first kappa shape index (κ1) is 9.93. The van der Waals surface area contributed by atoms with Crippen molar-refractivity contribution in [3.8, 4) is 11.8 Å². The highest BCUT2D eigenvalue weighted by atomic mass is 16.1. The largest absolute Gasteiger partial charge is 0.312 e. The molecule has 0 saturated carbocycles. The summed E-state index contributed by atoms with van der Waals surface area (Å²) in [6.45, 7) is 0. The molecule has 1 amide bonds. The average Bonchev–Trinajstić information content (AvgIpc) is 2.74. The van der Waals surface area contributed by atoms with E-state index in [1.54, 1.807) is 0 Å². The predicted octanol–water partition coefficient (Wildman–Crippen LogP) is 1.31. The highest BCUT2D eigenvalue weighted by Gasteiger charge is 2.10. The third-order valence-corrected chi connectivity index (χ3v) is 2.09. The number of nitriles is 1. The summed E-state index contributed by atoms with van der Waals surface area (Å²) in [5.41, 5.74) is 1.12. The van der Waals surface area contributed by atoms with Crippen molar-refractivity contribution in [3.63, 3.8) is 0 Å². The van der Waals surface area contributed by atoms with Gasteiger partial charge in [0.25, 0.3) is 0 Å². The third kappa shape index (κ3) is 1.64. The van der Waals surface area contributed by atoms with Gasteiger partial charge in [-0.2, -0.15) is 10.4 Å². The Hall–Kier alpha value is -2.61. The van der Waals surface area contributed by atoms with Crippen molar-refractivity contribution in [1.29, 1.82) is 5.26 Å². The van der Waals surface area contributed by atoms with Crippen molar-refractivity contribution < 1.29 is 4.79 Å². The van der Waals surface area contributed by atoms with Gasteiger partial charge in [-0.25, -0.2) is 4.68 Å². The van der Waals surface area contributed by atoms with Crippen LogP contribution in [0.1, 0.15) is 5.56 Å². The standard InChI is InChI=1S/C11H8N4O/c12-6-9-7-14-15(11(9)13-8-16)10-4-2-1-3-5-10/h1-5,7-8H,(H,13,16). The quantitative estimate of drug-likeness (QED) is 0.780. The van der Waals surface area contributed by atoms with E-state index in [2.05, 4.69) is 10.4 Å². The lowest BCUT2D eigenvalue weighted by atomic mass is 10.3. The van der Waals surface area contributed by atoms with E-state index in [4.69, 9.17) is 5.26 Å². The molecule has 5 heteroatoms. The summed E-state index contributed by atoms with van der Waals surface area (Å²) in [5.74, 6) is 0.378. The van der Waals surface area contributed by atoms with Crippen LogP contribution < -0.4 is 5.32 Å². The van der Waals surface area contributed by atoms with Crippen LogP contribution in [0.15, 0.2) is 36.5 Å². The molecule has 1 N–H and O–H groups in total. The second-order valence-electron chi connectivity index (χ2n) is 3.03. The number of carbonyl (C=O) groups excluding carboxylic acids is 1. The molecule has 1 aromatic heterocycles. The number of carbonyl (C=O) groups is 1. The summed E-state index contributed by atoms with van der Waals surface area (Å²) in [4.78, 5) is 10.5. The Bertz CT molecular complexity index is 539. The van der Waals surface area contributed by atoms with E-state index in [1.807, 2.05) is 36.4 Å². The monoisotopic (exact) mass is 212 g/mol. The van der Waals surface area contributed by atoms with Crippen LogP contribution in [0.5, 0.6) is 0 Å². The van der Waals surface area contributed by atoms with Crippen molar-refractivity contribution >= 4 is 12.2 Å². The smallest absolute Gasteiger partial charge is 0.212 e. The van der Waals surface area contributed by atoms with Gasteiger partial charge in [0.1, 0.15) is 11.6 Å². The Kier molecular flexibility index (Phi) is 2.65. The molecule has 1 aromatic carbocycles. The molecule has 0 spiro atoms. The van der Waals surface area contributed by atoms with Gasteiger partial charge in [0.15, 0.2) is 5.82 Å². The van der Waals surface area contributed by atoms with Crippen LogP contribution in [0, 0.1) is 11.3 Å². The SMILES string of the molecule is N#Cc1cnn(-c2ccccc2)c1NC=O. The van der Waals surface area contributed by atoms with Crippen LogP contribution in [0.4, 0.5) is 5.82 Å². The highest BCUT2D eigenvalue weighted by Crippen LogP contribution is 2.18. The molecule has 1 heterocycles. The maximum Gasteiger partial charge on any atom is 0.212 e. The van der Waals surface area contributed by atoms with Crippen molar-refractivity contribution in [3.05, 3.63) is 42.1 Å². The number of nitrogens with zero attached hydrogens (tertiary/aromatic N) is 3. The second kappa shape index (κ2) is 4.28. The molecular formula is C11H8N4O. The fraction of sp³-hybridized carbons (Fsp3) is 0. The van der Waals surface area contributed by atoms with Crippen LogP contribution in [0.3, 0.4) is 0 Å². The molecule has 0 aliphatic rings. The summed E-state index contributed by atoms with van der Waals surface area (Å²) in [7, 11) is 0. The molecule has 0 aliphatic carbocycles. The maximum atomic E-state index is 10.5. The number of hydrogen-bond acceptors (Lipinski definition) is 3. The number of hydrogen-bond donors (Lipinski definition) is 1. The number of benzene rings is 1. The van der Waals surface area contributed by atoms with Gasteiger partial charge >= 0.3 is 0 Å². The van der Waals surface area contributed by atoms with Crippen LogP contribution in [-0.2, 0) is 4.79 Å². The molecule has 16 heavy (non-hydrogen) atoms. The van der Waals surface area contributed by atoms with E-state index in [0.29, 0.717) is 17.8 Å². The molecule has 78 valence electrons. The van der Waals surface area contributed by atoms with Gasteiger partial charge in [-0.15, -0.1) is 0 Å². The fourth-order valence-corrected chi connectivity index (χ4v) is 1.39. The second-order valence-corrected chi connectivity index (χ2v) is 3.03. The first-order valence-electron chi connectivity index (χ1n) is 4.60. The molecule has 0 unspecified atom stereocenters. The van der Waals surface area contributed by atoms with Crippen LogP contribution in [0.2, 0.25) is 0 Å². The molecule has 2 rings (SSSR count). The summed E-state index contributed by atoms with van der Waals surface area (Å²) in [6.07, 6.45) is 1.94. The van der Waals surface area contributed by atoms with Gasteiger partial charge in [-0.05, 0) is 12.1 Å². The summed E-state index contributed by atoms with van der Waals surface area (Å²) in [6, 6.07) is 11.2. The lowest BCUT2D eigenvalue weighted by Crippen LogP contribution is -2.05. The Morgan fingerprint density at radius 3 is 2.75 bits per heavy atom. The molecule has 0 radical (unpaired) electrons. The highest BCUT2D eigenvalue weighted by molar-refractivity contribution is 5.73. The zero-order chi connectivity index (χ0) is 11.4. The normalized spacial score (nSPS) is 9.44. The first-order valence-corrected chi connectivity index (χ1v) is 4.60. The average molecular weight is 212 g/mol. The lowest BCUT2D eigenvalue weighted by molar-refractivity contribution is -0.105. The van der Waals surface area contributed by atoms with Gasteiger partial charge in [-0.3, -0.25) is 4.79 Å². The van der Waals surface area contributed by atoms with Gasteiger partial charge < -0.3 is 5.32 Å². The fourth-order valence-electron chi connectivity index (χ4n) is 1.39. The Morgan fingerprint density at radius 2 is 2.12 bits per heavy atom. The minimum Gasteiger partial charge on any atom is -0.312 e. The minimum atomic E-state index is 0.330.